The summed E-state index contributed by atoms with van der Waals surface area (Å²) in [7, 11) is 0. The summed E-state index contributed by atoms with van der Waals surface area (Å²) in [5.41, 5.74) is 2.22. The van der Waals surface area contributed by atoms with Gasteiger partial charge in [0.05, 0.1) is 11.2 Å². The van der Waals surface area contributed by atoms with Crippen molar-refractivity contribution in [3.63, 3.8) is 0 Å². The number of aldehydes is 1. The van der Waals surface area contributed by atoms with Crippen LogP contribution in [0.5, 0.6) is 0 Å². The molecule has 0 bridgehead atoms. The lowest BCUT2D eigenvalue weighted by molar-refractivity contribution is -0.125. The first-order chi connectivity index (χ1) is 13.4. The van der Waals surface area contributed by atoms with Crippen LogP contribution in [0.15, 0.2) is 42.2 Å². The Labute approximate surface area is 166 Å². The molecule has 1 aromatic rings. The summed E-state index contributed by atoms with van der Waals surface area (Å²) in [5.74, 6) is 7.04. The van der Waals surface area contributed by atoms with Crippen LogP contribution in [0.25, 0.3) is 5.76 Å². The number of allylic oxidation sites excluding steroid dienone is 1. The highest BCUT2D eigenvalue weighted by atomic mass is 16.5. The van der Waals surface area contributed by atoms with Crippen molar-refractivity contribution in [1.82, 2.24) is 20.9 Å². The number of nitrogens with two attached hydrogens (primary N) is 1. The van der Waals surface area contributed by atoms with Crippen LogP contribution in [0.4, 0.5) is 5.69 Å². The summed E-state index contributed by atoms with van der Waals surface area (Å²) < 4.78 is 6.10. The Balaban J connectivity index is 1.73. The molecule has 8 nitrogen and oxygen atoms in total. The quantitative estimate of drug-likeness (QED) is 0.316. The molecule has 0 aliphatic carbocycles. The van der Waals surface area contributed by atoms with E-state index in [9.17, 15) is 4.79 Å². The predicted octanol–water partition coefficient (Wildman–Crippen LogP) is 1.25. The average Bonchev–Trinajstić information content (AvgIpc) is 3.17. The van der Waals surface area contributed by atoms with Crippen molar-refractivity contribution in [2.75, 3.05) is 18.1 Å². The first-order valence-corrected chi connectivity index (χ1v) is 9.52. The highest BCUT2D eigenvalue weighted by molar-refractivity contribution is 5.66. The number of nitrogens with one attached hydrogen (secondary N) is 3. The second-order valence-corrected chi connectivity index (χ2v) is 7.50. The Morgan fingerprint density at radius 2 is 2.18 bits per heavy atom. The van der Waals surface area contributed by atoms with Crippen LogP contribution in [0.3, 0.4) is 0 Å². The fraction of sp³-hybridized carbons (Fsp3) is 0.450. The minimum Gasteiger partial charge on any atom is -0.455 e. The number of carbonyl (C=O) groups is 1. The molecule has 0 spiro atoms. The van der Waals surface area contributed by atoms with Gasteiger partial charge in [0.2, 0.25) is 6.35 Å². The number of hydrazine groups is 1. The van der Waals surface area contributed by atoms with Crippen LogP contribution in [-0.2, 0) is 9.53 Å². The van der Waals surface area contributed by atoms with Crippen molar-refractivity contribution in [3.8, 4) is 0 Å². The molecule has 0 fully saturated rings. The number of ether oxygens (including phenoxy) is 1. The molecule has 152 valence electrons. The predicted molar refractivity (Wildman–Crippen MR) is 110 cm³/mol. The minimum atomic E-state index is -0.630. The standard InChI is InChI=1S/C20H30N6O2/c1-5-25(20(3,4)13-27)19-23-12-17(28-19)15-7-6-8-16(11-15)26(21)18-22-10-9-14(2)24-18/h6-9,11-13,18-19,22-24H,5,10,21H2,1-4H3. The summed E-state index contributed by atoms with van der Waals surface area (Å²) in [6.07, 6.45) is 4.26. The van der Waals surface area contributed by atoms with E-state index >= 15 is 0 Å². The monoisotopic (exact) mass is 386 g/mol. The van der Waals surface area contributed by atoms with Gasteiger partial charge in [-0.15, -0.1) is 0 Å². The van der Waals surface area contributed by atoms with Gasteiger partial charge in [-0.2, -0.15) is 0 Å². The number of benzene rings is 1. The molecular formula is C20H30N6O2. The molecule has 2 heterocycles. The number of nitrogens with zero attached hydrogens (tertiary/aromatic N) is 2. The lowest BCUT2D eigenvalue weighted by Gasteiger charge is -2.37. The third-order valence-electron chi connectivity index (χ3n) is 5.04. The van der Waals surface area contributed by atoms with E-state index < -0.39 is 11.9 Å². The van der Waals surface area contributed by atoms with Crippen molar-refractivity contribution >= 4 is 17.7 Å². The molecule has 8 heteroatoms. The molecule has 3 rings (SSSR count). The third-order valence-corrected chi connectivity index (χ3v) is 5.04. The maximum absolute atomic E-state index is 11.5. The fourth-order valence-corrected chi connectivity index (χ4v) is 3.37. The summed E-state index contributed by atoms with van der Waals surface area (Å²) in [6.45, 7) is 9.20. The summed E-state index contributed by atoms with van der Waals surface area (Å²) in [6, 6.07) is 7.85. The van der Waals surface area contributed by atoms with E-state index in [4.69, 9.17) is 10.6 Å². The molecule has 28 heavy (non-hydrogen) atoms. The smallest absolute Gasteiger partial charge is 0.230 e. The van der Waals surface area contributed by atoms with Gasteiger partial charge in [-0.3, -0.25) is 10.3 Å². The molecular weight excluding hydrogens is 356 g/mol. The zero-order valence-corrected chi connectivity index (χ0v) is 16.9. The first-order valence-electron chi connectivity index (χ1n) is 9.52. The lowest BCUT2D eigenvalue weighted by atomic mass is 10.1. The lowest BCUT2D eigenvalue weighted by Crippen LogP contribution is -2.59. The Hall–Kier alpha value is -2.55. The van der Waals surface area contributed by atoms with Crippen LogP contribution < -0.4 is 26.8 Å². The molecule has 2 aliphatic rings. The van der Waals surface area contributed by atoms with Crippen LogP contribution in [0, 0.1) is 0 Å². The fourth-order valence-electron chi connectivity index (χ4n) is 3.37. The van der Waals surface area contributed by atoms with Gasteiger partial charge in [0.15, 0.2) is 6.29 Å². The third kappa shape index (κ3) is 4.14. The molecule has 2 aliphatic heterocycles. The van der Waals surface area contributed by atoms with Gasteiger partial charge < -0.3 is 20.2 Å². The highest BCUT2D eigenvalue weighted by Gasteiger charge is 2.35. The average molecular weight is 387 g/mol. The molecule has 0 saturated heterocycles. The Morgan fingerprint density at radius 3 is 2.86 bits per heavy atom. The van der Waals surface area contributed by atoms with E-state index in [2.05, 4.69) is 22.0 Å². The number of likely N-dealkylation sites (N-methyl/N-ethyl adjacent to an activating group) is 1. The maximum Gasteiger partial charge on any atom is 0.230 e. The normalized spacial score (nSPS) is 21.9. The van der Waals surface area contributed by atoms with Gasteiger partial charge in [0.1, 0.15) is 12.0 Å². The SMILES string of the molecule is CCN(C1NC=C(c2cccc(N(N)C3NCC=C(C)N3)c2)O1)C(C)(C)C=O. The number of anilines is 1. The van der Waals surface area contributed by atoms with E-state index in [1.54, 1.807) is 5.01 Å². The molecule has 2 atom stereocenters. The number of hydrogen-bond acceptors (Lipinski definition) is 8. The summed E-state index contributed by atoms with van der Waals surface area (Å²) >= 11 is 0. The molecule has 1 aromatic carbocycles. The van der Waals surface area contributed by atoms with Crippen molar-refractivity contribution in [3.05, 3.63) is 47.8 Å². The number of hydrogen-bond donors (Lipinski definition) is 4. The molecule has 0 radical (unpaired) electrons. The van der Waals surface area contributed by atoms with E-state index in [-0.39, 0.29) is 6.29 Å². The number of carbonyl (C=O) groups excluding carboxylic acids is 1. The zero-order chi connectivity index (χ0) is 20.3. The van der Waals surface area contributed by atoms with E-state index in [1.165, 1.54) is 0 Å². The summed E-state index contributed by atoms with van der Waals surface area (Å²) in [4.78, 5) is 13.4. The van der Waals surface area contributed by atoms with Gasteiger partial charge >= 0.3 is 0 Å². The minimum absolute atomic E-state index is 0.187. The van der Waals surface area contributed by atoms with Crippen LogP contribution >= 0.6 is 0 Å². The molecule has 5 N–H and O–H groups in total. The summed E-state index contributed by atoms with van der Waals surface area (Å²) in [5, 5.41) is 11.5. The van der Waals surface area contributed by atoms with Crippen LogP contribution in [0.1, 0.15) is 33.3 Å². The van der Waals surface area contributed by atoms with Gasteiger partial charge in [0.25, 0.3) is 0 Å². The molecule has 2 unspecified atom stereocenters. The Kier molecular flexibility index (Phi) is 5.93. The zero-order valence-electron chi connectivity index (χ0n) is 16.9. The molecule has 0 saturated carbocycles. The largest absolute Gasteiger partial charge is 0.455 e. The van der Waals surface area contributed by atoms with Crippen molar-refractivity contribution in [2.45, 2.75) is 45.9 Å². The Bertz CT molecular complexity index is 776. The maximum atomic E-state index is 11.5. The van der Waals surface area contributed by atoms with Crippen LogP contribution in [0.2, 0.25) is 0 Å². The van der Waals surface area contributed by atoms with E-state index in [1.807, 2.05) is 63.1 Å². The topological polar surface area (TPSA) is 94.9 Å². The van der Waals surface area contributed by atoms with Gasteiger partial charge in [-0.05, 0) is 32.9 Å². The van der Waals surface area contributed by atoms with Crippen molar-refractivity contribution in [2.24, 2.45) is 5.84 Å². The highest BCUT2D eigenvalue weighted by Crippen LogP contribution is 2.28. The van der Waals surface area contributed by atoms with Crippen molar-refractivity contribution < 1.29 is 9.53 Å². The Morgan fingerprint density at radius 1 is 1.39 bits per heavy atom. The van der Waals surface area contributed by atoms with Gasteiger partial charge in [-0.1, -0.05) is 25.1 Å². The second kappa shape index (κ2) is 8.22. The van der Waals surface area contributed by atoms with E-state index in [0.29, 0.717) is 12.3 Å². The molecule has 0 amide bonds. The first kappa shape index (κ1) is 20.2. The number of rotatable bonds is 7. The van der Waals surface area contributed by atoms with Crippen molar-refractivity contribution in [1.29, 1.82) is 0 Å². The van der Waals surface area contributed by atoms with Gasteiger partial charge in [-0.25, -0.2) is 10.7 Å². The van der Waals surface area contributed by atoms with E-state index in [0.717, 1.165) is 29.8 Å². The molecule has 0 aromatic heterocycles. The van der Waals surface area contributed by atoms with Gasteiger partial charge in [0, 0.05) is 30.5 Å². The van der Waals surface area contributed by atoms with Crippen LogP contribution in [-0.4, -0.2) is 42.5 Å². The second-order valence-electron chi connectivity index (χ2n) is 7.50.